The first kappa shape index (κ1) is 16.6. The van der Waals surface area contributed by atoms with Crippen molar-refractivity contribution < 1.29 is 23.1 Å². The van der Waals surface area contributed by atoms with E-state index in [9.17, 15) is 13.2 Å². The van der Waals surface area contributed by atoms with E-state index in [1.807, 2.05) is 0 Å². The normalized spacial score (nSPS) is 12.9. The quantitative estimate of drug-likeness (QED) is 0.722. The van der Waals surface area contributed by atoms with Gasteiger partial charge in [0.1, 0.15) is 0 Å². The number of benzene rings is 1. The number of sulfonamides is 1. The minimum Gasteiger partial charge on any atom is -0.465 e. The number of hydrogen-bond acceptors (Lipinski definition) is 5. The fraction of sp³-hybridized carbons (Fsp3) is 0.462. The van der Waals surface area contributed by atoms with E-state index in [2.05, 4.69) is 9.46 Å². The molecule has 0 fully saturated rings. The van der Waals surface area contributed by atoms with Crippen LogP contribution in [0, 0.1) is 0 Å². The lowest BCUT2D eigenvalue weighted by molar-refractivity contribution is 0.0600. The molecule has 112 valence electrons. The van der Waals surface area contributed by atoms with Crippen molar-refractivity contribution in [3.05, 3.63) is 35.4 Å². The molecule has 0 amide bonds. The van der Waals surface area contributed by atoms with Crippen molar-refractivity contribution in [2.45, 2.75) is 25.2 Å². The third-order valence-electron chi connectivity index (χ3n) is 2.59. The van der Waals surface area contributed by atoms with Gasteiger partial charge >= 0.3 is 5.97 Å². The van der Waals surface area contributed by atoms with Crippen molar-refractivity contribution in [2.24, 2.45) is 0 Å². The Balaban J connectivity index is 2.70. The van der Waals surface area contributed by atoms with Gasteiger partial charge in [0.25, 0.3) is 0 Å². The average Bonchev–Trinajstić information content (AvgIpc) is 2.36. The first-order valence-corrected chi connectivity index (χ1v) is 7.82. The molecule has 0 saturated heterocycles. The molecular weight excluding hydrogens is 282 g/mol. The second kappa shape index (κ2) is 7.37. The fourth-order valence-electron chi connectivity index (χ4n) is 1.60. The number of aliphatic hydroxyl groups is 1. The first-order chi connectivity index (χ1) is 9.34. The third kappa shape index (κ3) is 5.68. The monoisotopic (exact) mass is 301 g/mol. The summed E-state index contributed by atoms with van der Waals surface area (Å²) in [5.41, 5.74) is 0.807. The number of carbonyl (C=O) groups is 1. The van der Waals surface area contributed by atoms with Gasteiger partial charge in [-0.25, -0.2) is 17.9 Å². The smallest absolute Gasteiger partial charge is 0.337 e. The van der Waals surface area contributed by atoms with E-state index in [1.165, 1.54) is 13.2 Å². The molecule has 1 rings (SSSR count). The summed E-state index contributed by atoms with van der Waals surface area (Å²) in [4.78, 5) is 11.4. The van der Waals surface area contributed by atoms with Gasteiger partial charge in [-0.05, 0) is 31.0 Å². The maximum absolute atomic E-state index is 11.8. The number of rotatable bonds is 7. The fourth-order valence-corrected chi connectivity index (χ4v) is 2.75. The van der Waals surface area contributed by atoms with Crippen LogP contribution in [-0.2, 0) is 20.5 Å². The zero-order valence-electron chi connectivity index (χ0n) is 11.5. The molecule has 0 bridgehead atoms. The molecule has 2 N–H and O–H groups in total. The molecule has 1 aromatic rings. The number of esters is 1. The Hall–Kier alpha value is -1.44. The van der Waals surface area contributed by atoms with E-state index in [0.29, 0.717) is 17.5 Å². The SMILES string of the molecule is COC(=O)c1cccc(CS(=O)(=O)NCCC(C)O)c1. The molecule has 20 heavy (non-hydrogen) atoms. The van der Waals surface area contributed by atoms with Crippen LogP contribution in [0.1, 0.15) is 29.3 Å². The Bertz CT molecular complexity index is 554. The van der Waals surface area contributed by atoms with Crippen molar-refractivity contribution in [1.82, 2.24) is 4.72 Å². The third-order valence-corrected chi connectivity index (χ3v) is 3.95. The summed E-state index contributed by atoms with van der Waals surface area (Å²) in [6.07, 6.45) is -0.207. The van der Waals surface area contributed by atoms with Gasteiger partial charge < -0.3 is 9.84 Å². The molecule has 0 heterocycles. The molecule has 0 saturated carbocycles. The van der Waals surface area contributed by atoms with Crippen LogP contribution in [0.4, 0.5) is 0 Å². The van der Waals surface area contributed by atoms with Crippen molar-refractivity contribution in [3.8, 4) is 0 Å². The predicted octanol–water partition coefficient (Wildman–Crippen LogP) is 0.663. The van der Waals surface area contributed by atoms with Crippen molar-refractivity contribution in [3.63, 3.8) is 0 Å². The van der Waals surface area contributed by atoms with Gasteiger partial charge in [-0.2, -0.15) is 0 Å². The highest BCUT2D eigenvalue weighted by atomic mass is 32.2. The van der Waals surface area contributed by atoms with Crippen LogP contribution in [0.2, 0.25) is 0 Å². The van der Waals surface area contributed by atoms with Crippen molar-refractivity contribution in [1.29, 1.82) is 0 Å². The Morgan fingerprint density at radius 2 is 2.15 bits per heavy atom. The second-order valence-electron chi connectivity index (χ2n) is 4.48. The maximum Gasteiger partial charge on any atom is 0.337 e. The first-order valence-electron chi connectivity index (χ1n) is 6.16. The Morgan fingerprint density at radius 3 is 2.75 bits per heavy atom. The average molecular weight is 301 g/mol. The largest absolute Gasteiger partial charge is 0.465 e. The van der Waals surface area contributed by atoms with Crippen LogP contribution >= 0.6 is 0 Å². The molecule has 1 atom stereocenters. The Labute approximate surface area is 118 Å². The minimum absolute atomic E-state index is 0.177. The highest BCUT2D eigenvalue weighted by Crippen LogP contribution is 2.09. The summed E-state index contributed by atoms with van der Waals surface area (Å²) < 4.78 is 30.6. The van der Waals surface area contributed by atoms with E-state index in [4.69, 9.17) is 5.11 Å². The van der Waals surface area contributed by atoms with Gasteiger partial charge in [-0.15, -0.1) is 0 Å². The standard InChI is InChI=1S/C13H19NO5S/c1-10(15)6-7-14-20(17,18)9-11-4-3-5-12(8-11)13(16)19-2/h3-5,8,10,14-15H,6-7,9H2,1-2H3. The van der Waals surface area contributed by atoms with Crippen LogP contribution in [0.15, 0.2) is 24.3 Å². The number of carbonyl (C=O) groups excluding carboxylic acids is 1. The number of ether oxygens (including phenoxy) is 1. The Morgan fingerprint density at radius 1 is 1.45 bits per heavy atom. The molecule has 0 aliphatic heterocycles. The maximum atomic E-state index is 11.8. The lowest BCUT2D eigenvalue weighted by atomic mass is 10.1. The van der Waals surface area contributed by atoms with Gasteiger partial charge in [0.05, 0.1) is 24.5 Å². The van der Waals surface area contributed by atoms with E-state index in [0.717, 1.165) is 0 Å². The van der Waals surface area contributed by atoms with Gasteiger partial charge in [0.15, 0.2) is 0 Å². The van der Waals surface area contributed by atoms with Crippen LogP contribution < -0.4 is 4.72 Å². The summed E-state index contributed by atoms with van der Waals surface area (Å²) in [7, 11) is -2.23. The molecule has 0 aliphatic rings. The molecular formula is C13H19NO5S. The highest BCUT2D eigenvalue weighted by molar-refractivity contribution is 7.88. The van der Waals surface area contributed by atoms with Crippen LogP contribution in [0.5, 0.6) is 0 Å². The number of nitrogens with one attached hydrogen (secondary N) is 1. The molecule has 0 aliphatic carbocycles. The van der Waals surface area contributed by atoms with Gasteiger partial charge in [-0.3, -0.25) is 0 Å². The highest BCUT2D eigenvalue weighted by Gasteiger charge is 2.13. The lowest BCUT2D eigenvalue weighted by Gasteiger charge is -2.08. The predicted molar refractivity (Wildman–Crippen MR) is 74.7 cm³/mol. The summed E-state index contributed by atoms with van der Waals surface area (Å²) in [5, 5.41) is 9.08. The molecule has 7 heteroatoms. The van der Waals surface area contributed by atoms with E-state index < -0.39 is 22.1 Å². The number of aliphatic hydroxyl groups excluding tert-OH is 1. The molecule has 0 aromatic heterocycles. The van der Waals surface area contributed by atoms with E-state index in [1.54, 1.807) is 25.1 Å². The summed E-state index contributed by atoms with van der Waals surface area (Å²) in [6, 6.07) is 6.27. The molecule has 0 spiro atoms. The summed E-state index contributed by atoms with van der Waals surface area (Å²) >= 11 is 0. The molecule has 1 aromatic carbocycles. The van der Waals surface area contributed by atoms with Gasteiger partial charge in [0, 0.05) is 6.54 Å². The molecule has 0 radical (unpaired) electrons. The van der Waals surface area contributed by atoms with Crippen LogP contribution in [0.25, 0.3) is 0 Å². The number of methoxy groups -OCH3 is 1. The van der Waals surface area contributed by atoms with Crippen LogP contribution in [0.3, 0.4) is 0 Å². The number of hydrogen-bond donors (Lipinski definition) is 2. The van der Waals surface area contributed by atoms with Crippen molar-refractivity contribution >= 4 is 16.0 Å². The van der Waals surface area contributed by atoms with E-state index >= 15 is 0 Å². The topological polar surface area (TPSA) is 92.7 Å². The summed E-state index contributed by atoms with van der Waals surface area (Å²) in [5.74, 6) is -0.733. The van der Waals surface area contributed by atoms with E-state index in [-0.39, 0.29) is 12.3 Å². The Kier molecular flexibility index (Phi) is 6.12. The van der Waals surface area contributed by atoms with Crippen LogP contribution in [-0.4, -0.2) is 39.3 Å². The minimum atomic E-state index is -3.49. The second-order valence-corrected chi connectivity index (χ2v) is 6.29. The summed E-state index contributed by atoms with van der Waals surface area (Å²) in [6.45, 7) is 1.77. The van der Waals surface area contributed by atoms with Gasteiger partial charge in [0.2, 0.25) is 10.0 Å². The van der Waals surface area contributed by atoms with Gasteiger partial charge in [-0.1, -0.05) is 12.1 Å². The zero-order chi connectivity index (χ0) is 15.2. The lowest BCUT2D eigenvalue weighted by Crippen LogP contribution is -2.28. The zero-order valence-corrected chi connectivity index (χ0v) is 12.3. The molecule has 6 nitrogen and oxygen atoms in total. The molecule has 1 unspecified atom stereocenters. The van der Waals surface area contributed by atoms with Crippen molar-refractivity contribution in [2.75, 3.05) is 13.7 Å².